The van der Waals surface area contributed by atoms with E-state index in [-0.39, 0.29) is 24.8 Å². The van der Waals surface area contributed by atoms with Gasteiger partial charge in [0.15, 0.2) is 0 Å². The van der Waals surface area contributed by atoms with Gasteiger partial charge in [0.2, 0.25) is 0 Å². The highest BCUT2D eigenvalue weighted by Crippen LogP contribution is 2.27. The molecule has 0 heterocycles. The van der Waals surface area contributed by atoms with Crippen LogP contribution in [0.1, 0.15) is 5.56 Å². The second-order valence-corrected chi connectivity index (χ2v) is 3.71. The highest BCUT2D eigenvalue weighted by molar-refractivity contribution is 5.85. The van der Waals surface area contributed by atoms with Crippen molar-refractivity contribution in [1.29, 1.82) is 0 Å². The van der Waals surface area contributed by atoms with Crippen LogP contribution in [0.4, 0.5) is 11.4 Å². The van der Waals surface area contributed by atoms with Gasteiger partial charge >= 0.3 is 0 Å². The molecule has 92 valence electrons. The third-order valence-corrected chi connectivity index (χ3v) is 2.44. The Labute approximate surface area is 114 Å². The van der Waals surface area contributed by atoms with Crippen LogP contribution in [-0.2, 0) is 0 Å². The minimum atomic E-state index is 0. The summed E-state index contributed by atoms with van der Waals surface area (Å²) in [5.74, 6) is 0. The summed E-state index contributed by atoms with van der Waals surface area (Å²) in [6.07, 6.45) is 0. The van der Waals surface area contributed by atoms with E-state index in [2.05, 4.69) is 31.2 Å². The van der Waals surface area contributed by atoms with Crippen LogP contribution < -0.4 is 11.5 Å². The fourth-order valence-electron chi connectivity index (χ4n) is 1.56. The van der Waals surface area contributed by atoms with Crippen molar-refractivity contribution in [3.63, 3.8) is 0 Å². The van der Waals surface area contributed by atoms with Crippen molar-refractivity contribution in [2.75, 3.05) is 11.5 Å². The minimum Gasteiger partial charge on any atom is -0.399 e. The summed E-state index contributed by atoms with van der Waals surface area (Å²) in [6, 6.07) is 13.8. The molecule has 0 bridgehead atoms. The van der Waals surface area contributed by atoms with Gasteiger partial charge in [0.1, 0.15) is 0 Å². The summed E-state index contributed by atoms with van der Waals surface area (Å²) in [4.78, 5) is 0. The largest absolute Gasteiger partial charge is 0.399 e. The lowest BCUT2D eigenvalue weighted by Crippen LogP contribution is -1.92. The molecule has 0 spiro atoms. The van der Waals surface area contributed by atoms with E-state index < -0.39 is 0 Å². The molecule has 2 aromatic carbocycles. The molecular formula is C13H16Cl2N2. The van der Waals surface area contributed by atoms with E-state index >= 15 is 0 Å². The number of benzene rings is 2. The lowest BCUT2D eigenvalue weighted by molar-refractivity contribution is 1.47. The predicted molar refractivity (Wildman–Crippen MR) is 79.9 cm³/mol. The van der Waals surface area contributed by atoms with Gasteiger partial charge < -0.3 is 11.5 Å². The SMILES string of the molecule is Cc1ccc(-c2cc(N)ccc2N)cc1.Cl.Cl. The van der Waals surface area contributed by atoms with Crippen LogP contribution in [0, 0.1) is 6.92 Å². The molecule has 2 rings (SSSR count). The lowest BCUT2D eigenvalue weighted by atomic mass is 10.0. The van der Waals surface area contributed by atoms with Crippen LogP contribution in [0.3, 0.4) is 0 Å². The van der Waals surface area contributed by atoms with Crippen molar-refractivity contribution in [3.05, 3.63) is 48.0 Å². The average Bonchev–Trinajstić information content (AvgIpc) is 2.23. The van der Waals surface area contributed by atoms with Gasteiger partial charge in [-0.1, -0.05) is 29.8 Å². The molecule has 0 atom stereocenters. The summed E-state index contributed by atoms with van der Waals surface area (Å²) in [6.45, 7) is 2.06. The Morgan fingerprint density at radius 1 is 0.824 bits per heavy atom. The van der Waals surface area contributed by atoms with Crippen molar-refractivity contribution in [2.45, 2.75) is 6.92 Å². The molecule has 0 radical (unpaired) electrons. The predicted octanol–water partition coefficient (Wildman–Crippen LogP) is 3.67. The Balaban J connectivity index is 0.00000128. The molecule has 2 nitrogen and oxygen atoms in total. The third-order valence-electron chi connectivity index (χ3n) is 2.44. The molecule has 4 N–H and O–H groups in total. The van der Waals surface area contributed by atoms with Gasteiger partial charge in [-0.15, -0.1) is 24.8 Å². The molecule has 17 heavy (non-hydrogen) atoms. The molecule has 0 saturated carbocycles. The van der Waals surface area contributed by atoms with E-state index in [1.807, 2.05) is 18.2 Å². The van der Waals surface area contributed by atoms with Crippen LogP contribution in [0.25, 0.3) is 11.1 Å². The van der Waals surface area contributed by atoms with Crippen LogP contribution in [0.5, 0.6) is 0 Å². The highest BCUT2D eigenvalue weighted by atomic mass is 35.5. The normalized spacial score (nSPS) is 9.00. The molecule has 2 aromatic rings. The van der Waals surface area contributed by atoms with E-state index in [1.165, 1.54) is 5.56 Å². The fraction of sp³-hybridized carbons (Fsp3) is 0.0769. The molecule has 0 saturated heterocycles. The van der Waals surface area contributed by atoms with Gasteiger partial charge in [-0.25, -0.2) is 0 Å². The standard InChI is InChI=1S/C13H14N2.2ClH/c1-9-2-4-10(5-3-9)12-8-11(14)6-7-13(12)15;;/h2-8H,14-15H2,1H3;2*1H. The first kappa shape index (κ1) is 15.6. The molecule has 0 unspecified atom stereocenters. The fourth-order valence-corrected chi connectivity index (χ4v) is 1.56. The van der Waals surface area contributed by atoms with Gasteiger partial charge in [0.05, 0.1) is 0 Å². The van der Waals surface area contributed by atoms with Crippen molar-refractivity contribution >= 4 is 36.2 Å². The number of rotatable bonds is 1. The van der Waals surface area contributed by atoms with Crippen LogP contribution in [-0.4, -0.2) is 0 Å². The van der Waals surface area contributed by atoms with Gasteiger partial charge in [0.25, 0.3) is 0 Å². The molecule has 0 amide bonds. The molecule has 0 fully saturated rings. The third kappa shape index (κ3) is 3.55. The summed E-state index contributed by atoms with van der Waals surface area (Å²) in [5, 5.41) is 0. The maximum atomic E-state index is 5.90. The minimum absolute atomic E-state index is 0. The van der Waals surface area contributed by atoms with Gasteiger partial charge in [-0.3, -0.25) is 0 Å². The summed E-state index contributed by atoms with van der Waals surface area (Å²) >= 11 is 0. The number of hydrogen-bond donors (Lipinski definition) is 2. The van der Waals surface area contributed by atoms with Crippen LogP contribution in [0.15, 0.2) is 42.5 Å². The number of hydrogen-bond acceptors (Lipinski definition) is 2. The first-order valence-corrected chi connectivity index (χ1v) is 4.89. The number of anilines is 2. The van der Waals surface area contributed by atoms with E-state index in [4.69, 9.17) is 11.5 Å². The zero-order chi connectivity index (χ0) is 10.8. The maximum Gasteiger partial charge on any atom is 0.0395 e. The Bertz CT molecular complexity index is 481. The van der Waals surface area contributed by atoms with Crippen molar-refractivity contribution in [1.82, 2.24) is 0 Å². The number of nitrogens with two attached hydrogens (primary N) is 2. The Morgan fingerprint density at radius 3 is 2.00 bits per heavy atom. The first-order chi connectivity index (χ1) is 7.16. The lowest BCUT2D eigenvalue weighted by Gasteiger charge is -2.07. The van der Waals surface area contributed by atoms with Crippen molar-refractivity contribution in [3.8, 4) is 11.1 Å². The molecule has 0 aliphatic heterocycles. The van der Waals surface area contributed by atoms with Crippen molar-refractivity contribution in [2.24, 2.45) is 0 Å². The zero-order valence-electron chi connectivity index (χ0n) is 9.51. The molecular weight excluding hydrogens is 255 g/mol. The van der Waals surface area contributed by atoms with E-state index in [0.29, 0.717) is 0 Å². The Kier molecular flexibility index (Phi) is 5.86. The highest BCUT2D eigenvalue weighted by Gasteiger charge is 2.02. The first-order valence-electron chi connectivity index (χ1n) is 4.89. The number of aryl methyl sites for hydroxylation is 1. The molecule has 0 aromatic heterocycles. The number of nitrogen functional groups attached to an aromatic ring is 2. The Hall–Kier alpha value is -1.38. The maximum absolute atomic E-state index is 5.90. The number of halogens is 2. The smallest absolute Gasteiger partial charge is 0.0395 e. The zero-order valence-corrected chi connectivity index (χ0v) is 11.1. The average molecular weight is 271 g/mol. The van der Waals surface area contributed by atoms with Gasteiger partial charge in [0, 0.05) is 16.9 Å². The van der Waals surface area contributed by atoms with E-state index in [9.17, 15) is 0 Å². The topological polar surface area (TPSA) is 52.0 Å². The van der Waals surface area contributed by atoms with Crippen LogP contribution >= 0.6 is 24.8 Å². The molecule has 0 aliphatic rings. The second kappa shape index (κ2) is 6.38. The second-order valence-electron chi connectivity index (χ2n) is 3.71. The monoisotopic (exact) mass is 270 g/mol. The summed E-state index contributed by atoms with van der Waals surface area (Å²) < 4.78 is 0. The van der Waals surface area contributed by atoms with E-state index in [0.717, 1.165) is 22.5 Å². The van der Waals surface area contributed by atoms with Crippen LogP contribution in [0.2, 0.25) is 0 Å². The summed E-state index contributed by atoms with van der Waals surface area (Å²) in [5.41, 5.74) is 16.5. The summed E-state index contributed by atoms with van der Waals surface area (Å²) in [7, 11) is 0. The molecule has 4 heteroatoms. The quantitative estimate of drug-likeness (QED) is 0.777. The van der Waals surface area contributed by atoms with Gasteiger partial charge in [-0.2, -0.15) is 0 Å². The van der Waals surface area contributed by atoms with Crippen molar-refractivity contribution < 1.29 is 0 Å². The van der Waals surface area contributed by atoms with Gasteiger partial charge in [-0.05, 0) is 30.7 Å². The van der Waals surface area contributed by atoms with E-state index in [1.54, 1.807) is 0 Å². The molecule has 0 aliphatic carbocycles. The Morgan fingerprint density at radius 2 is 1.41 bits per heavy atom.